The number of ether oxygens (including phenoxy) is 3. The van der Waals surface area contributed by atoms with Crippen molar-refractivity contribution in [1.82, 2.24) is 4.98 Å². The lowest BCUT2D eigenvalue weighted by atomic mass is 9.94. The number of methoxy groups -OCH3 is 2. The van der Waals surface area contributed by atoms with Crippen molar-refractivity contribution in [1.29, 1.82) is 0 Å². The highest BCUT2D eigenvalue weighted by Crippen LogP contribution is 2.41. The highest BCUT2D eigenvalue weighted by molar-refractivity contribution is 5.44. The summed E-state index contributed by atoms with van der Waals surface area (Å²) in [6.45, 7) is 0. The van der Waals surface area contributed by atoms with Crippen LogP contribution in [0.5, 0.6) is 17.4 Å². The Morgan fingerprint density at radius 1 is 1.19 bits per heavy atom. The molecule has 5 heteroatoms. The van der Waals surface area contributed by atoms with Gasteiger partial charge in [0.05, 0.1) is 14.2 Å². The van der Waals surface area contributed by atoms with Gasteiger partial charge in [-0.3, -0.25) is 0 Å². The Kier molecular flexibility index (Phi) is 3.66. The highest BCUT2D eigenvalue weighted by atomic mass is 16.5. The van der Waals surface area contributed by atoms with Crippen LogP contribution >= 0.6 is 0 Å². The third-order valence-corrected chi connectivity index (χ3v) is 3.69. The van der Waals surface area contributed by atoms with Crippen LogP contribution in [0.25, 0.3) is 0 Å². The third kappa shape index (κ3) is 2.64. The van der Waals surface area contributed by atoms with Crippen LogP contribution < -0.4 is 19.9 Å². The molecule has 0 fully saturated rings. The molecule has 1 aliphatic rings. The molecule has 1 unspecified atom stereocenters. The molecule has 110 valence electrons. The molecular formula is C16H18N2O3. The van der Waals surface area contributed by atoms with Crippen LogP contribution in [0.4, 0.5) is 0 Å². The Morgan fingerprint density at radius 2 is 2.05 bits per heavy atom. The Bertz CT molecular complexity index is 628. The fraction of sp³-hybridized carbons (Fsp3) is 0.312. The number of nitrogens with two attached hydrogens (primary N) is 1. The molecule has 1 aromatic carbocycles. The Labute approximate surface area is 123 Å². The van der Waals surface area contributed by atoms with Gasteiger partial charge in [0.1, 0.15) is 17.6 Å². The first-order valence-corrected chi connectivity index (χ1v) is 6.81. The topological polar surface area (TPSA) is 66.6 Å². The van der Waals surface area contributed by atoms with Gasteiger partial charge in [0, 0.05) is 35.9 Å². The smallest absolute Gasteiger partial charge is 0.212 e. The summed E-state index contributed by atoms with van der Waals surface area (Å²) in [5.74, 6) is 2.18. The quantitative estimate of drug-likeness (QED) is 0.939. The van der Waals surface area contributed by atoms with E-state index in [1.807, 2.05) is 30.3 Å². The van der Waals surface area contributed by atoms with Gasteiger partial charge in [0.15, 0.2) is 0 Å². The Morgan fingerprint density at radius 3 is 2.71 bits per heavy atom. The molecule has 0 spiro atoms. The molecule has 0 bridgehead atoms. The van der Waals surface area contributed by atoms with Crippen molar-refractivity contribution in [2.45, 2.75) is 18.6 Å². The zero-order valence-corrected chi connectivity index (χ0v) is 12.1. The fourth-order valence-corrected chi connectivity index (χ4v) is 2.52. The van der Waals surface area contributed by atoms with E-state index in [1.165, 1.54) is 0 Å². The van der Waals surface area contributed by atoms with E-state index in [-0.39, 0.29) is 12.1 Å². The van der Waals surface area contributed by atoms with Crippen molar-refractivity contribution in [3.05, 3.63) is 47.7 Å². The van der Waals surface area contributed by atoms with Crippen LogP contribution in [0, 0.1) is 0 Å². The third-order valence-electron chi connectivity index (χ3n) is 3.69. The number of nitrogens with zero attached hydrogens (tertiary/aromatic N) is 1. The van der Waals surface area contributed by atoms with E-state index in [9.17, 15) is 0 Å². The normalized spacial score (nSPS) is 20.3. The molecule has 2 aromatic rings. The minimum absolute atomic E-state index is 0.0871. The molecule has 0 saturated heterocycles. The second-order valence-corrected chi connectivity index (χ2v) is 4.99. The molecule has 21 heavy (non-hydrogen) atoms. The molecule has 3 rings (SSSR count). The first kappa shape index (κ1) is 13.7. The summed E-state index contributed by atoms with van der Waals surface area (Å²) < 4.78 is 16.3. The first-order chi connectivity index (χ1) is 10.2. The van der Waals surface area contributed by atoms with Gasteiger partial charge in [-0.2, -0.15) is 0 Å². The monoisotopic (exact) mass is 286 g/mol. The molecule has 0 saturated carbocycles. The molecule has 0 aliphatic carbocycles. The average molecular weight is 286 g/mol. The van der Waals surface area contributed by atoms with Gasteiger partial charge in [-0.1, -0.05) is 0 Å². The number of hydrogen-bond acceptors (Lipinski definition) is 5. The number of hydrogen-bond donors (Lipinski definition) is 1. The lowest BCUT2D eigenvalue weighted by Crippen LogP contribution is -2.24. The van der Waals surface area contributed by atoms with Gasteiger partial charge < -0.3 is 19.9 Å². The second-order valence-electron chi connectivity index (χ2n) is 4.99. The molecular weight excluding hydrogens is 268 g/mol. The molecule has 1 aliphatic heterocycles. The highest BCUT2D eigenvalue weighted by Gasteiger charge is 2.27. The molecule has 2 N–H and O–H groups in total. The molecule has 2 atom stereocenters. The SMILES string of the molecule is COc1ccc2c(c1)[C@H](N)CC(c1ccc(OC)nc1)O2. The zero-order valence-electron chi connectivity index (χ0n) is 12.1. The maximum absolute atomic E-state index is 6.27. The maximum Gasteiger partial charge on any atom is 0.212 e. The van der Waals surface area contributed by atoms with E-state index >= 15 is 0 Å². The number of fused-ring (bicyclic) bond motifs is 1. The van der Waals surface area contributed by atoms with Crippen molar-refractivity contribution >= 4 is 0 Å². The van der Waals surface area contributed by atoms with Crippen LogP contribution in [0.15, 0.2) is 36.5 Å². The van der Waals surface area contributed by atoms with E-state index in [2.05, 4.69) is 4.98 Å². The molecule has 0 amide bonds. The van der Waals surface area contributed by atoms with Crippen molar-refractivity contribution in [2.24, 2.45) is 5.73 Å². The van der Waals surface area contributed by atoms with Gasteiger partial charge >= 0.3 is 0 Å². The lowest BCUT2D eigenvalue weighted by molar-refractivity contribution is 0.160. The van der Waals surface area contributed by atoms with Crippen LogP contribution in [0.3, 0.4) is 0 Å². The van der Waals surface area contributed by atoms with Crippen LogP contribution in [0.1, 0.15) is 29.7 Å². The number of pyridine rings is 1. The van der Waals surface area contributed by atoms with Gasteiger partial charge in [0.25, 0.3) is 0 Å². The van der Waals surface area contributed by atoms with Crippen LogP contribution in [-0.2, 0) is 0 Å². The van der Waals surface area contributed by atoms with Crippen molar-refractivity contribution < 1.29 is 14.2 Å². The Hall–Kier alpha value is -2.27. The molecule has 0 radical (unpaired) electrons. The van der Waals surface area contributed by atoms with E-state index in [4.69, 9.17) is 19.9 Å². The van der Waals surface area contributed by atoms with Gasteiger partial charge in [0.2, 0.25) is 5.88 Å². The summed E-state index contributed by atoms with van der Waals surface area (Å²) in [6.07, 6.45) is 2.37. The largest absolute Gasteiger partial charge is 0.497 e. The van der Waals surface area contributed by atoms with Gasteiger partial charge in [-0.15, -0.1) is 0 Å². The van der Waals surface area contributed by atoms with Crippen molar-refractivity contribution in [3.8, 4) is 17.4 Å². The summed E-state index contributed by atoms with van der Waals surface area (Å²) in [7, 11) is 3.24. The zero-order chi connectivity index (χ0) is 14.8. The molecule has 2 heterocycles. The summed E-state index contributed by atoms with van der Waals surface area (Å²) in [4.78, 5) is 4.22. The first-order valence-electron chi connectivity index (χ1n) is 6.81. The minimum atomic E-state index is -0.0979. The minimum Gasteiger partial charge on any atom is -0.497 e. The van der Waals surface area contributed by atoms with Crippen LogP contribution in [-0.4, -0.2) is 19.2 Å². The van der Waals surface area contributed by atoms with Crippen LogP contribution in [0.2, 0.25) is 0 Å². The standard InChI is InChI=1S/C16H18N2O3/c1-19-11-4-5-14-12(7-11)13(17)8-15(21-14)10-3-6-16(20-2)18-9-10/h3-7,9,13,15H,8,17H2,1-2H3/t13-,15?/m1/s1. The Balaban J connectivity index is 1.87. The predicted molar refractivity (Wildman–Crippen MR) is 78.7 cm³/mol. The molecule has 5 nitrogen and oxygen atoms in total. The number of benzene rings is 1. The molecule has 1 aromatic heterocycles. The van der Waals surface area contributed by atoms with E-state index < -0.39 is 0 Å². The maximum atomic E-state index is 6.27. The second kappa shape index (κ2) is 5.61. The van der Waals surface area contributed by atoms with E-state index in [0.29, 0.717) is 12.3 Å². The predicted octanol–water partition coefficient (Wildman–Crippen LogP) is 2.62. The fourth-order valence-electron chi connectivity index (χ4n) is 2.52. The lowest BCUT2D eigenvalue weighted by Gasteiger charge is -2.30. The van der Waals surface area contributed by atoms with Gasteiger partial charge in [-0.25, -0.2) is 4.98 Å². The number of rotatable bonds is 3. The van der Waals surface area contributed by atoms with Gasteiger partial charge in [-0.05, 0) is 24.3 Å². The van der Waals surface area contributed by atoms with E-state index in [1.54, 1.807) is 20.4 Å². The van der Waals surface area contributed by atoms with Crippen molar-refractivity contribution in [2.75, 3.05) is 14.2 Å². The summed E-state index contributed by atoms with van der Waals surface area (Å²) in [5, 5.41) is 0. The summed E-state index contributed by atoms with van der Waals surface area (Å²) >= 11 is 0. The summed E-state index contributed by atoms with van der Waals surface area (Å²) in [6, 6.07) is 9.40. The van der Waals surface area contributed by atoms with E-state index in [0.717, 1.165) is 22.6 Å². The van der Waals surface area contributed by atoms with Crippen molar-refractivity contribution in [3.63, 3.8) is 0 Å². The summed E-state index contributed by atoms with van der Waals surface area (Å²) in [5.41, 5.74) is 8.25. The average Bonchev–Trinajstić information content (AvgIpc) is 2.54. The number of aromatic nitrogens is 1.